The van der Waals surface area contributed by atoms with Crippen molar-refractivity contribution in [2.45, 2.75) is 32.2 Å². The molecule has 0 fully saturated rings. The van der Waals surface area contributed by atoms with E-state index in [4.69, 9.17) is 15.0 Å². The molecule has 1 unspecified atom stereocenters. The largest absolute Gasteiger partial charge is 0.491 e. The molecule has 12 heteroatoms. The first-order valence-electron chi connectivity index (χ1n) is 9.52. The third-order valence-corrected chi connectivity index (χ3v) is 4.92. The zero-order chi connectivity index (χ0) is 24.1. The number of benzene rings is 1. The van der Waals surface area contributed by atoms with Crippen LogP contribution in [-0.4, -0.2) is 32.3 Å². The average molecular weight is 464 g/mol. The van der Waals surface area contributed by atoms with Crippen molar-refractivity contribution in [1.29, 1.82) is 0 Å². The van der Waals surface area contributed by atoms with Crippen LogP contribution in [0.4, 0.5) is 17.6 Å². The Hall–Kier alpha value is -3.85. The number of aliphatic hydroxyl groups is 1. The maximum Gasteiger partial charge on any atom is 0.433 e. The minimum absolute atomic E-state index is 0.0203. The van der Waals surface area contributed by atoms with Crippen LogP contribution in [0.1, 0.15) is 40.1 Å². The lowest BCUT2D eigenvalue weighted by atomic mass is 10.0. The summed E-state index contributed by atoms with van der Waals surface area (Å²) < 4.78 is 66.8. The summed E-state index contributed by atoms with van der Waals surface area (Å²) in [6, 6.07) is 3.55. The molecule has 3 heterocycles. The van der Waals surface area contributed by atoms with Crippen molar-refractivity contribution in [3.63, 3.8) is 0 Å². The highest BCUT2D eigenvalue weighted by molar-refractivity contribution is 5.93. The molecule has 172 valence electrons. The van der Waals surface area contributed by atoms with E-state index in [-0.39, 0.29) is 41.5 Å². The lowest BCUT2D eigenvalue weighted by Crippen LogP contribution is -2.22. The topological polar surface area (TPSA) is 116 Å². The van der Waals surface area contributed by atoms with E-state index < -0.39 is 34.9 Å². The summed E-state index contributed by atoms with van der Waals surface area (Å²) in [7, 11) is 0. The monoisotopic (exact) mass is 464 g/mol. The van der Waals surface area contributed by atoms with Crippen LogP contribution in [-0.2, 0) is 18.3 Å². The summed E-state index contributed by atoms with van der Waals surface area (Å²) in [5.41, 5.74) is 0.885. The second kappa shape index (κ2) is 7.63. The number of halogens is 4. The second-order valence-electron chi connectivity index (χ2n) is 7.47. The van der Waals surface area contributed by atoms with Crippen molar-refractivity contribution >= 4 is 5.91 Å². The highest BCUT2D eigenvalue weighted by atomic mass is 19.4. The minimum atomic E-state index is -4.92. The van der Waals surface area contributed by atoms with Gasteiger partial charge in [-0.15, -0.1) is 0 Å². The smallest absolute Gasteiger partial charge is 0.433 e. The number of aromatic nitrogens is 3. The molecule has 3 N–H and O–H groups in total. The van der Waals surface area contributed by atoms with Gasteiger partial charge in [0.1, 0.15) is 35.5 Å². The average Bonchev–Trinajstić information content (AvgIpc) is 3.28. The van der Waals surface area contributed by atoms with Crippen LogP contribution in [0.5, 0.6) is 5.75 Å². The fourth-order valence-corrected chi connectivity index (χ4v) is 3.38. The lowest BCUT2D eigenvalue weighted by Gasteiger charge is -2.12. The van der Waals surface area contributed by atoms with Crippen molar-refractivity contribution in [1.82, 2.24) is 14.7 Å². The van der Waals surface area contributed by atoms with Gasteiger partial charge < -0.3 is 24.7 Å². The lowest BCUT2D eigenvalue weighted by molar-refractivity contribution is -0.143. The van der Waals surface area contributed by atoms with E-state index in [1.165, 1.54) is 13.0 Å². The maximum absolute atomic E-state index is 14.7. The fourth-order valence-electron chi connectivity index (χ4n) is 3.38. The molecule has 1 aliphatic rings. The van der Waals surface area contributed by atoms with Crippen molar-refractivity contribution < 1.29 is 36.7 Å². The van der Waals surface area contributed by atoms with Gasteiger partial charge in [-0.1, -0.05) is 17.0 Å². The van der Waals surface area contributed by atoms with Crippen LogP contribution >= 0.6 is 0 Å². The molecule has 0 radical (unpaired) electrons. The standard InChI is InChI=1S/C21H16F4N4O4/c1-10-7-15(28-33-10)20(2,31)4-3-11-8-12-14(9-13(11)22)32-6-5-29-17(21(23,24)25)16(18(26)30)27-19(12)29/h7-9,31H,5-6H2,1-2H3,(H2,26,30). The molecule has 2 aromatic heterocycles. The number of imidazole rings is 1. The van der Waals surface area contributed by atoms with Crippen LogP contribution in [0.15, 0.2) is 22.7 Å². The molecule has 1 amide bonds. The van der Waals surface area contributed by atoms with E-state index in [0.29, 0.717) is 5.76 Å². The van der Waals surface area contributed by atoms with Crippen LogP contribution in [0.3, 0.4) is 0 Å². The van der Waals surface area contributed by atoms with Crippen LogP contribution in [0.2, 0.25) is 0 Å². The predicted octanol–water partition coefficient (Wildman–Crippen LogP) is 2.75. The van der Waals surface area contributed by atoms with Crippen molar-refractivity contribution in [3.05, 3.63) is 52.4 Å². The van der Waals surface area contributed by atoms with E-state index in [1.807, 2.05) is 0 Å². The number of carbonyl (C=O) groups is 1. The number of aryl methyl sites for hydroxylation is 1. The molecular formula is C21H16F4N4O4. The number of hydrogen-bond acceptors (Lipinski definition) is 6. The maximum atomic E-state index is 14.7. The summed E-state index contributed by atoms with van der Waals surface area (Å²) in [5.74, 6) is 2.83. The number of alkyl halides is 3. The highest BCUT2D eigenvalue weighted by Gasteiger charge is 2.42. The number of ether oxygens (including phenoxy) is 1. The summed E-state index contributed by atoms with van der Waals surface area (Å²) in [4.78, 5) is 15.4. The Morgan fingerprint density at radius 1 is 1.30 bits per heavy atom. The molecular weight excluding hydrogens is 448 g/mol. The Morgan fingerprint density at radius 2 is 2.03 bits per heavy atom. The van der Waals surface area contributed by atoms with E-state index >= 15 is 0 Å². The van der Waals surface area contributed by atoms with Gasteiger partial charge in [0.15, 0.2) is 17.0 Å². The number of fused-ring (bicyclic) bond motifs is 3. The molecule has 1 aromatic carbocycles. The number of nitrogens with zero attached hydrogens (tertiary/aromatic N) is 3. The quantitative estimate of drug-likeness (QED) is 0.445. The molecule has 0 aliphatic carbocycles. The molecule has 0 spiro atoms. The first kappa shape index (κ1) is 22.3. The van der Waals surface area contributed by atoms with E-state index in [0.717, 1.165) is 16.7 Å². The Kier molecular flexibility index (Phi) is 5.17. The Labute approximate surface area is 183 Å². The Morgan fingerprint density at radius 3 is 2.64 bits per heavy atom. The van der Waals surface area contributed by atoms with Crippen molar-refractivity contribution in [2.75, 3.05) is 6.61 Å². The molecule has 3 aromatic rings. The minimum Gasteiger partial charge on any atom is -0.491 e. The number of nitrogens with two attached hydrogens (primary N) is 1. The highest BCUT2D eigenvalue weighted by Crippen LogP contribution is 2.40. The van der Waals surface area contributed by atoms with Gasteiger partial charge in [0.25, 0.3) is 5.91 Å². The van der Waals surface area contributed by atoms with E-state index in [2.05, 4.69) is 22.0 Å². The number of hydrogen-bond donors (Lipinski definition) is 2. The van der Waals surface area contributed by atoms with E-state index in [1.54, 1.807) is 6.92 Å². The Balaban J connectivity index is 1.87. The third kappa shape index (κ3) is 4.03. The first-order valence-corrected chi connectivity index (χ1v) is 9.52. The zero-order valence-electron chi connectivity index (χ0n) is 17.2. The number of carbonyl (C=O) groups excluding carboxylic acids is 1. The van der Waals surface area contributed by atoms with Gasteiger partial charge in [0, 0.05) is 12.1 Å². The van der Waals surface area contributed by atoms with Gasteiger partial charge in [-0.2, -0.15) is 13.2 Å². The molecule has 1 aliphatic heterocycles. The van der Waals surface area contributed by atoms with Gasteiger partial charge in [0.2, 0.25) is 0 Å². The fraction of sp³-hybridized carbons (Fsp3) is 0.286. The molecule has 33 heavy (non-hydrogen) atoms. The third-order valence-electron chi connectivity index (χ3n) is 4.92. The predicted molar refractivity (Wildman–Crippen MR) is 104 cm³/mol. The normalized spacial score (nSPS) is 14.8. The van der Waals surface area contributed by atoms with Crippen molar-refractivity contribution in [3.8, 4) is 29.0 Å². The van der Waals surface area contributed by atoms with Gasteiger partial charge in [-0.05, 0) is 19.9 Å². The molecule has 0 saturated carbocycles. The van der Waals surface area contributed by atoms with Crippen molar-refractivity contribution in [2.24, 2.45) is 5.73 Å². The van der Waals surface area contributed by atoms with Gasteiger partial charge in [0.05, 0.1) is 17.7 Å². The summed E-state index contributed by atoms with van der Waals surface area (Å²) >= 11 is 0. The number of amides is 1. The SMILES string of the molecule is Cc1cc(C(C)(O)C#Cc2cc3c(cc2F)OCCn2c-3nc(C(N)=O)c2C(F)(F)F)no1. The molecule has 0 bridgehead atoms. The van der Waals surface area contributed by atoms with E-state index in [9.17, 15) is 27.5 Å². The number of rotatable bonds is 2. The molecule has 4 rings (SSSR count). The van der Waals surface area contributed by atoms with Gasteiger partial charge in [-0.25, -0.2) is 9.37 Å². The summed E-state index contributed by atoms with van der Waals surface area (Å²) in [5, 5.41) is 14.2. The van der Waals surface area contributed by atoms with Gasteiger partial charge in [-0.3, -0.25) is 4.79 Å². The summed E-state index contributed by atoms with van der Waals surface area (Å²) in [6.07, 6.45) is -4.92. The first-order chi connectivity index (χ1) is 15.4. The van der Waals surface area contributed by atoms with Crippen LogP contribution < -0.4 is 10.5 Å². The van der Waals surface area contributed by atoms with Gasteiger partial charge >= 0.3 is 6.18 Å². The van der Waals surface area contributed by atoms with Crippen LogP contribution in [0.25, 0.3) is 11.4 Å². The second-order valence-corrected chi connectivity index (χ2v) is 7.47. The zero-order valence-corrected chi connectivity index (χ0v) is 17.2. The molecule has 8 nitrogen and oxygen atoms in total. The summed E-state index contributed by atoms with van der Waals surface area (Å²) in [6.45, 7) is 2.40. The Bertz CT molecular complexity index is 1330. The van der Waals surface area contributed by atoms with Crippen LogP contribution in [0, 0.1) is 24.6 Å². The number of primary amides is 1. The molecule has 1 atom stereocenters. The molecule has 0 saturated heterocycles.